The molecular weight excluding hydrogens is 318 g/mol. The van der Waals surface area contributed by atoms with Crippen LogP contribution in [0, 0.1) is 0 Å². The fraction of sp³-hybridized carbons (Fsp3) is 0.474. The topological polar surface area (TPSA) is 79.4 Å². The van der Waals surface area contributed by atoms with E-state index in [-0.39, 0.29) is 12.2 Å². The van der Waals surface area contributed by atoms with Crippen LogP contribution in [0.1, 0.15) is 51.8 Å². The minimum Gasteiger partial charge on any atom is -0.457 e. The molecule has 0 saturated carbocycles. The highest BCUT2D eigenvalue weighted by Crippen LogP contribution is 2.29. The molecule has 0 radical (unpaired) electrons. The maximum Gasteiger partial charge on any atom is 0.331 e. The molecule has 1 saturated heterocycles. The molecule has 6 nitrogen and oxygen atoms in total. The van der Waals surface area contributed by atoms with Crippen LogP contribution in [0.4, 0.5) is 5.69 Å². The Morgan fingerprint density at radius 2 is 2.20 bits per heavy atom. The highest BCUT2D eigenvalue weighted by atomic mass is 16.6. The second kappa shape index (κ2) is 6.88. The van der Waals surface area contributed by atoms with Gasteiger partial charge in [-0.25, -0.2) is 9.48 Å². The molecule has 2 N–H and O–H groups in total. The number of benzene rings is 1. The molecule has 1 aliphatic heterocycles. The van der Waals surface area contributed by atoms with Crippen molar-refractivity contribution in [1.29, 1.82) is 0 Å². The first kappa shape index (κ1) is 17.5. The van der Waals surface area contributed by atoms with E-state index in [1.807, 2.05) is 37.6 Å². The van der Waals surface area contributed by atoms with Crippen LogP contribution in [0.5, 0.6) is 0 Å². The van der Waals surface area contributed by atoms with Crippen molar-refractivity contribution in [2.75, 3.05) is 12.3 Å². The predicted octanol–water partition coefficient (Wildman–Crippen LogP) is 3.67. The van der Waals surface area contributed by atoms with Gasteiger partial charge < -0.3 is 15.2 Å². The number of rotatable bonds is 3. The molecule has 0 aliphatic carbocycles. The van der Waals surface area contributed by atoms with Gasteiger partial charge in [-0.2, -0.15) is 5.10 Å². The number of fused-ring (bicyclic) bond motifs is 1. The minimum atomic E-state index is -0.513. The van der Waals surface area contributed by atoms with E-state index in [0.717, 1.165) is 42.3 Å². The zero-order valence-corrected chi connectivity index (χ0v) is 15.0. The van der Waals surface area contributed by atoms with Crippen LogP contribution in [0.15, 0.2) is 24.4 Å². The lowest BCUT2D eigenvalue weighted by Gasteiger charge is -2.23. The van der Waals surface area contributed by atoms with Crippen molar-refractivity contribution < 1.29 is 14.3 Å². The number of nitrogens with zero attached hydrogens (tertiary/aromatic N) is 2. The predicted molar refractivity (Wildman–Crippen MR) is 97.9 cm³/mol. The third kappa shape index (κ3) is 4.20. The van der Waals surface area contributed by atoms with Gasteiger partial charge in [-0.1, -0.05) is 0 Å². The number of carbonyl (C=O) groups is 1. The summed E-state index contributed by atoms with van der Waals surface area (Å²) in [6.45, 7) is 6.27. The van der Waals surface area contributed by atoms with Gasteiger partial charge in [-0.05, 0) is 63.8 Å². The van der Waals surface area contributed by atoms with E-state index in [9.17, 15) is 4.79 Å². The highest BCUT2D eigenvalue weighted by Gasteiger charge is 2.19. The van der Waals surface area contributed by atoms with Crippen molar-refractivity contribution in [2.45, 2.75) is 51.9 Å². The van der Waals surface area contributed by atoms with Crippen molar-refractivity contribution in [1.82, 2.24) is 9.78 Å². The summed E-state index contributed by atoms with van der Waals surface area (Å²) in [6, 6.07) is 3.80. The smallest absolute Gasteiger partial charge is 0.331 e. The standard InChI is InChI=1S/C19H25N3O3/c1-19(2,3)25-18(23)8-7-13-10-15(20)14-12-21-22(16(14)11-13)17-6-4-5-9-24-17/h7-8,10-12,17H,4-6,9,20H2,1-3H3/b8-7+. The molecule has 134 valence electrons. The van der Waals surface area contributed by atoms with Gasteiger partial charge >= 0.3 is 5.97 Å². The van der Waals surface area contributed by atoms with Crippen molar-refractivity contribution in [2.24, 2.45) is 0 Å². The number of hydrogen-bond donors (Lipinski definition) is 1. The Kier molecular flexibility index (Phi) is 4.81. The number of carbonyl (C=O) groups excluding carboxylic acids is 1. The Hall–Kier alpha value is -2.34. The molecule has 2 heterocycles. The van der Waals surface area contributed by atoms with Gasteiger partial charge in [0.25, 0.3) is 0 Å². The fourth-order valence-electron chi connectivity index (χ4n) is 2.94. The van der Waals surface area contributed by atoms with E-state index in [1.165, 1.54) is 6.08 Å². The molecule has 1 unspecified atom stereocenters. The maximum absolute atomic E-state index is 11.9. The maximum atomic E-state index is 11.9. The quantitative estimate of drug-likeness (QED) is 0.522. The number of nitrogen functional groups attached to an aromatic ring is 1. The van der Waals surface area contributed by atoms with Crippen LogP contribution >= 0.6 is 0 Å². The third-order valence-electron chi connectivity index (χ3n) is 4.02. The lowest BCUT2D eigenvalue weighted by molar-refractivity contribution is -0.148. The average Bonchev–Trinajstić information content (AvgIpc) is 2.97. The summed E-state index contributed by atoms with van der Waals surface area (Å²) >= 11 is 0. The van der Waals surface area contributed by atoms with Gasteiger partial charge in [0, 0.05) is 23.8 Å². The number of anilines is 1. The molecule has 0 bridgehead atoms. The Morgan fingerprint density at radius 3 is 2.88 bits per heavy atom. The van der Waals surface area contributed by atoms with Gasteiger partial charge in [-0.15, -0.1) is 0 Å². The monoisotopic (exact) mass is 343 g/mol. The second-order valence-corrected chi connectivity index (χ2v) is 7.32. The zero-order chi connectivity index (χ0) is 18.0. The molecule has 0 amide bonds. The number of ether oxygens (including phenoxy) is 2. The molecule has 6 heteroatoms. The lowest BCUT2D eigenvalue weighted by atomic mass is 10.1. The van der Waals surface area contributed by atoms with E-state index in [0.29, 0.717) is 5.69 Å². The number of hydrogen-bond acceptors (Lipinski definition) is 5. The molecule has 25 heavy (non-hydrogen) atoms. The first-order valence-corrected chi connectivity index (χ1v) is 8.63. The van der Waals surface area contributed by atoms with E-state index in [4.69, 9.17) is 15.2 Å². The molecule has 1 aliphatic rings. The summed E-state index contributed by atoms with van der Waals surface area (Å²) in [6.07, 6.45) is 7.99. The summed E-state index contributed by atoms with van der Waals surface area (Å²) in [5.74, 6) is -0.379. The van der Waals surface area contributed by atoms with Crippen LogP contribution in [-0.4, -0.2) is 28.0 Å². The van der Waals surface area contributed by atoms with Crippen LogP contribution < -0.4 is 5.73 Å². The van der Waals surface area contributed by atoms with Crippen LogP contribution in [0.25, 0.3) is 17.0 Å². The molecule has 1 aromatic carbocycles. The van der Waals surface area contributed by atoms with E-state index >= 15 is 0 Å². The van der Waals surface area contributed by atoms with Gasteiger partial charge in [0.2, 0.25) is 0 Å². The van der Waals surface area contributed by atoms with Gasteiger partial charge in [0.15, 0.2) is 6.23 Å². The van der Waals surface area contributed by atoms with Crippen LogP contribution in [0.2, 0.25) is 0 Å². The van der Waals surface area contributed by atoms with Gasteiger partial charge in [0.05, 0.1) is 11.7 Å². The zero-order valence-electron chi connectivity index (χ0n) is 15.0. The van der Waals surface area contributed by atoms with E-state index < -0.39 is 5.60 Å². The number of aromatic nitrogens is 2. The van der Waals surface area contributed by atoms with Gasteiger partial charge in [-0.3, -0.25) is 0 Å². The normalized spacial score (nSPS) is 18.8. The van der Waals surface area contributed by atoms with E-state index in [1.54, 1.807) is 12.3 Å². The summed E-state index contributed by atoms with van der Waals surface area (Å²) < 4.78 is 13.0. The molecule has 2 aromatic rings. The molecule has 1 aromatic heterocycles. The lowest BCUT2D eigenvalue weighted by Crippen LogP contribution is -2.22. The molecular formula is C19H25N3O3. The molecule has 0 spiro atoms. The van der Waals surface area contributed by atoms with Crippen molar-refractivity contribution in [3.05, 3.63) is 30.0 Å². The van der Waals surface area contributed by atoms with Crippen LogP contribution in [0.3, 0.4) is 0 Å². The van der Waals surface area contributed by atoms with Crippen molar-refractivity contribution >= 4 is 28.6 Å². The SMILES string of the molecule is CC(C)(C)OC(=O)/C=C/c1cc(N)c2cnn(C3CCCCO3)c2c1. The first-order chi connectivity index (χ1) is 11.8. The summed E-state index contributed by atoms with van der Waals surface area (Å²) in [5.41, 5.74) is 8.02. The first-order valence-electron chi connectivity index (χ1n) is 8.63. The Labute approximate surface area is 147 Å². The largest absolute Gasteiger partial charge is 0.457 e. The Morgan fingerprint density at radius 1 is 1.40 bits per heavy atom. The summed E-state index contributed by atoms with van der Waals surface area (Å²) in [5, 5.41) is 5.35. The average molecular weight is 343 g/mol. The Balaban J connectivity index is 1.88. The Bertz CT molecular complexity index is 796. The highest BCUT2D eigenvalue weighted by molar-refractivity contribution is 5.94. The third-order valence-corrected chi connectivity index (χ3v) is 4.02. The van der Waals surface area contributed by atoms with Gasteiger partial charge in [0.1, 0.15) is 5.60 Å². The van der Waals surface area contributed by atoms with Crippen molar-refractivity contribution in [3.8, 4) is 0 Å². The summed E-state index contributed by atoms with van der Waals surface area (Å²) in [4.78, 5) is 11.9. The number of nitrogens with two attached hydrogens (primary N) is 1. The van der Waals surface area contributed by atoms with Crippen molar-refractivity contribution in [3.63, 3.8) is 0 Å². The molecule has 1 fully saturated rings. The fourth-order valence-corrected chi connectivity index (χ4v) is 2.94. The summed E-state index contributed by atoms with van der Waals surface area (Å²) in [7, 11) is 0. The second-order valence-electron chi connectivity index (χ2n) is 7.32. The molecule has 3 rings (SSSR count). The van der Waals surface area contributed by atoms with Crippen LogP contribution in [-0.2, 0) is 14.3 Å². The molecule has 1 atom stereocenters. The van der Waals surface area contributed by atoms with E-state index in [2.05, 4.69) is 5.10 Å². The number of esters is 1. The minimum absolute atomic E-state index is 0.0595.